The summed E-state index contributed by atoms with van der Waals surface area (Å²) in [5, 5.41) is 18.5. The second-order valence-electron chi connectivity index (χ2n) is 7.11. The Kier molecular flexibility index (Phi) is 5.48. The number of rotatable bonds is 6. The molecule has 1 atom stereocenters. The number of hydrogen-bond acceptors (Lipinski definition) is 5. The maximum absolute atomic E-state index is 12.1. The minimum atomic E-state index is -0.876. The summed E-state index contributed by atoms with van der Waals surface area (Å²) >= 11 is 0. The Morgan fingerprint density at radius 1 is 1.31 bits per heavy atom. The molecule has 7 nitrogen and oxygen atoms in total. The normalized spacial score (nSPS) is 22.8. The standard InChI is InChI=1S/C19H26N2O5/c1-20-17(23)12-15(18(24)25)19(20)6-8-21(9-7-19)13-14-4-2-3-5-16(14)26-11-10-22/h2-5,15,22H,6-13H2,1H3,(H,24,25)/t15-/m1/s1. The molecule has 0 radical (unpaired) electrons. The van der Waals surface area contributed by atoms with Crippen LogP contribution in [0.4, 0.5) is 0 Å². The first-order chi connectivity index (χ1) is 12.5. The molecule has 0 unspecified atom stereocenters. The Balaban J connectivity index is 1.68. The molecule has 142 valence electrons. The monoisotopic (exact) mass is 362 g/mol. The fourth-order valence-electron chi connectivity index (χ4n) is 4.25. The van der Waals surface area contributed by atoms with E-state index in [0.29, 0.717) is 19.4 Å². The van der Waals surface area contributed by atoms with Gasteiger partial charge in [0.05, 0.1) is 18.1 Å². The maximum atomic E-state index is 12.1. The third kappa shape index (κ3) is 3.41. The number of aliphatic hydroxyl groups excluding tert-OH is 1. The van der Waals surface area contributed by atoms with Gasteiger partial charge in [0.25, 0.3) is 0 Å². The lowest BCUT2D eigenvalue weighted by Gasteiger charge is -2.45. The van der Waals surface area contributed by atoms with E-state index < -0.39 is 17.4 Å². The quantitative estimate of drug-likeness (QED) is 0.783. The second kappa shape index (κ2) is 7.63. The van der Waals surface area contributed by atoms with Crippen LogP contribution in [0.5, 0.6) is 5.75 Å². The number of para-hydroxylation sites is 1. The van der Waals surface area contributed by atoms with Gasteiger partial charge in [-0.15, -0.1) is 0 Å². The van der Waals surface area contributed by atoms with Gasteiger partial charge >= 0.3 is 5.97 Å². The topological polar surface area (TPSA) is 90.3 Å². The number of aliphatic carboxylic acids is 1. The Morgan fingerprint density at radius 2 is 2.00 bits per heavy atom. The first-order valence-electron chi connectivity index (χ1n) is 9.01. The van der Waals surface area contributed by atoms with Gasteiger partial charge in [0.15, 0.2) is 0 Å². The summed E-state index contributed by atoms with van der Waals surface area (Å²) in [5.74, 6) is -0.812. The molecule has 1 aromatic carbocycles. The van der Waals surface area contributed by atoms with Gasteiger partial charge in [-0.1, -0.05) is 18.2 Å². The average molecular weight is 362 g/mol. The minimum Gasteiger partial charge on any atom is -0.491 e. The van der Waals surface area contributed by atoms with Gasteiger partial charge in [-0.3, -0.25) is 14.5 Å². The summed E-state index contributed by atoms with van der Waals surface area (Å²) in [6.45, 7) is 2.39. The van der Waals surface area contributed by atoms with E-state index in [4.69, 9.17) is 9.84 Å². The van der Waals surface area contributed by atoms with E-state index in [-0.39, 0.29) is 25.5 Å². The number of benzene rings is 1. The van der Waals surface area contributed by atoms with Gasteiger partial charge in [0, 0.05) is 38.7 Å². The maximum Gasteiger partial charge on any atom is 0.309 e. The number of nitrogens with zero attached hydrogens (tertiary/aromatic N) is 2. The Morgan fingerprint density at radius 3 is 2.65 bits per heavy atom. The van der Waals surface area contributed by atoms with E-state index in [1.165, 1.54) is 0 Å². The summed E-state index contributed by atoms with van der Waals surface area (Å²) in [6, 6.07) is 7.75. The van der Waals surface area contributed by atoms with Crippen molar-refractivity contribution in [3.8, 4) is 5.75 Å². The van der Waals surface area contributed by atoms with Crippen LogP contribution in [-0.4, -0.2) is 70.8 Å². The molecule has 2 aliphatic rings. The van der Waals surface area contributed by atoms with Gasteiger partial charge in [-0.2, -0.15) is 0 Å². The van der Waals surface area contributed by atoms with Crippen molar-refractivity contribution in [2.24, 2.45) is 5.92 Å². The van der Waals surface area contributed by atoms with E-state index in [1.807, 2.05) is 24.3 Å². The molecule has 1 spiro atoms. The van der Waals surface area contributed by atoms with E-state index in [9.17, 15) is 14.7 Å². The molecule has 2 heterocycles. The van der Waals surface area contributed by atoms with Crippen LogP contribution < -0.4 is 4.74 Å². The summed E-state index contributed by atoms with van der Waals surface area (Å²) in [5.41, 5.74) is 0.481. The molecule has 3 rings (SSSR count). The smallest absolute Gasteiger partial charge is 0.309 e. The van der Waals surface area contributed by atoms with Gasteiger partial charge in [0.2, 0.25) is 5.91 Å². The molecule has 0 bridgehead atoms. The number of piperidine rings is 1. The molecule has 0 aromatic heterocycles. The zero-order valence-electron chi connectivity index (χ0n) is 15.1. The zero-order chi connectivity index (χ0) is 18.7. The highest BCUT2D eigenvalue weighted by Gasteiger charge is 2.55. The number of amides is 1. The number of carbonyl (C=O) groups is 2. The average Bonchev–Trinajstić information content (AvgIpc) is 2.88. The van der Waals surface area contributed by atoms with Crippen molar-refractivity contribution in [1.29, 1.82) is 0 Å². The van der Waals surface area contributed by atoms with Crippen LogP contribution in [-0.2, 0) is 16.1 Å². The van der Waals surface area contributed by atoms with E-state index in [2.05, 4.69) is 4.90 Å². The predicted octanol–water partition coefficient (Wildman–Crippen LogP) is 0.955. The van der Waals surface area contributed by atoms with Crippen molar-refractivity contribution in [2.45, 2.75) is 31.3 Å². The fourth-order valence-corrected chi connectivity index (χ4v) is 4.25. The third-order valence-corrected chi connectivity index (χ3v) is 5.80. The van der Waals surface area contributed by atoms with Crippen LogP contribution in [0.25, 0.3) is 0 Å². The molecule has 1 amide bonds. The van der Waals surface area contributed by atoms with Gasteiger partial charge in [-0.25, -0.2) is 0 Å². The van der Waals surface area contributed by atoms with Gasteiger partial charge in [0.1, 0.15) is 12.4 Å². The lowest BCUT2D eigenvalue weighted by Crippen LogP contribution is -2.55. The summed E-state index contributed by atoms with van der Waals surface area (Å²) < 4.78 is 5.59. The molecule has 1 aromatic rings. The molecule has 0 saturated carbocycles. The highest BCUT2D eigenvalue weighted by molar-refractivity contribution is 5.88. The highest BCUT2D eigenvalue weighted by Crippen LogP contribution is 2.43. The number of ether oxygens (including phenoxy) is 1. The van der Waals surface area contributed by atoms with Crippen LogP contribution in [0.3, 0.4) is 0 Å². The van der Waals surface area contributed by atoms with E-state index in [0.717, 1.165) is 24.4 Å². The number of aliphatic hydroxyl groups is 1. The van der Waals surface area contributed by atoms with Crippen molar-refractivity contribution >= 4 is 11.9 Å². The first kappa shape index (κ1) is 18.7. The van der Waals surface area contributed by atoms with Gasteiger partial charge in [-0.05, 0) is 18.9 Å². The Bertz CT molecular complexity index is 670. The number of carbonyl (C=O) groups excluding carboxylic acids is 1. The number of carboxylic acid groups (broad SMARTS) is 1. The Labute approximate surface area is 153 Å². The molecule has 26 heavy (non-hydrogen) atoms. The number of carboxylic acids is 1. The van der Waals surface area contributed by atoms with Gasteiger partial charge < -0.3 is 19.8 Å². The summed E-state index contributed by atoms with van der Waals surface area (Å²) in [7, 11) is 1.74. The van der Waals surface area contributed by atoms with Crippen LogP contribution in [0.2, 0.25) is 0 Å². The second-order valence-corrected chi connectivity index (χ2v) is 7.11. The van der Waals surface area contributed by atoms with E-state index >= 15 is 0 Å². The molecule has 7 heteroatoms. The fraction of sp³-hybridized carbons (Fsp3) is 0.579. The van der Waals surface area contributed by atoms with Crippen molar-refractivity contribution in [1.82, 2.24) is 9.80 Å². The number of likely N-dealkylation sites (tertiary alicyclic amines) is 2. The molecule has 2 aliphatic heterocycles. The molecule has 2 saturated heterocycles. The van der Waals surface area contributed by atoms with Crippen LogP contribution in [0, 0.1) is 5.92 Å². The van der Waals surface area contributed by atoms with Crippen LogP contribution >= 0.6 is 0 Å². The summed E-state index contributed by atoms with van der Waals surface area (Å²) in [6.07, 6.45) is 1.42. The van der Waals surface area contributed by atoms with Crippen molar-refractivity contribution in [3.63, 3.8) is 0 Å². The van der Waals surface area contributed by atoms with Crippen molar-refractivity contribution in [3.05, 3.63) is 29.8 Å². The minimum absolute atomic E-state index is 0.0302. The van der Waals surface area contributed by atoms with Crippen molar-refractivity contribution in [2.75, 3.05) is 33.4 Å². The first-order valence-corrected chi connectivity index (χ1v) is 9.01. The lowest BCUT2D eigenvalue weighted by molar-refractivity contribution is -0.146. The van der Waals surface area contributed by atoms with Crippen LogP contribution in [0.1, 0.15) is 24.8 Å². The number of hydrogen-bond donors (Lipinski definition) is 2. The van der Waals surface area contributed by atoms with E-state index in [1.54, 1.807) is 11.9 Å². The molecular formula is C19H26N2O5. The predicted molar refractivity (Wildman–Crippen MR) is 94.8 cm³/mol. The Hall–Kier alpha value is -2.12. The summed E-state index contributed by atoms with van der Waals surface area (Å²) in [4.78, 5) is 27.7. The highest BCUT2D eigenvalue weighted by atomic mass is 16.5. The zero-order valence-corrected chi connectivity index (χ0v) is 15.1. The van der Waals surface area contributed by atoms with Crippen molar-refractivity contribution < 1.29 is 24.5 Å². The lowest BCUT2D eigenvalue weighted by atomic mass is 9.77. The molecule has 2 N–H and O–H groups in total. The molecular weight excluding hydrogens is 336 g/mol. The third-order valence-electron chi connectivity index (χ3n) is 5.80. The van der Waals surface area contributed by atoms with Crippen LogP contribution in [0.15, 0.2) is 24.3 Å². The molecule has 2 fully saturated rings. The molecule has 0 aliphatic carbocycles. The SMILES string of the molecule is CN1C(=O)C[C@H](C(=O)O)C12CCN(Cc1ccccc1OCCO)CC2. The largest absolute Gasteiger partial charge is 0.491 e.